The summed E-state index contributed by atoms with van der Waals surface area (Å²) >= 11 is 3.17. The fraction of sp³-hybridized carbons (Fsp3) is 0.300. The molecule has 0 saturated heterocycles. The van der Waals surface area contributed by atoms with Crippen LogP contribution in [0.15, 0.2) is 16.6 Å². The van der Waals surface area contributed by atoms with Crippen molar-refractivity contribution in [3.63, 3.8) is 0 Å². The monoisotopic (exact) mass is 289 g/mol. The maximum atomic E-state index is 13.6. The van der Waals surface area contributed by atoms with E-state index < -0.39 is 12.1 Å². The Morgan fingerprint density at radius 3 is 3.06 bits per heavy atom. The van der Waals surface area contributed by atoms with Crippen molar-refractivity contribution >= 4 is 22.0 Å². The van der Waals surface area contributed by atoms with Crippen LogP contribution in [0.2, 0.25) is 0 Å². The molecule has 0 bridgehead atoms. The molecular formula is C10H9BrFNO3. The molecule has 2 rings (SSSR count). The minimum atomic E-state index is -1.13. The van der Waals surface area contributed by atoms with Gasteiger partial charge in [0.2, 0.25) is 0 Å². The molecule has 0 aliphatic carbocycles. The van der Waals surface area contributed by atoms with Gasteiger partial charge in [0, 0.05) is 16.5 Å². The SMILES string of the molecule is O=C(O)N[C@H]1COc2cc(Br)cc(F)c2C1. The Balaban J connectivity index is 2.23. The molecule has 1 heterocycles. The van der Waals surface area contributed by atoms with Crippen LogP contribution in [0.1, 0.15) is 5.56 Å². The van der Waals surface area contributed by atoms with Crippen molar-refractivity contribution in [3.8, 4) is 5.75 Å². The van der Waals surface area contributed by atoms with Gasteiger partial charge in [-0.05, 0) is 12.1 Å². The molecule has 1 aromatic rings. The minimum absolute atomic E-state index is 0.217. The van der Waals surface area contributed by atoms with Gasteiger partial charge in [-0.15, -0.1) is 0 Å². The summed E-state index contributed by atoms with van der Waals surface area (Å²) in [6, 6.07) is 2.61. The second kappa shape index (κ2) is 4.29. The van der Waals surface area contributed by atoms with Crippen molar-refractivity contribution in [3.05, 3.63) is 28.0 Å². The Kier molecular flexibility index (Phi) is 3.00. The number of ether oxygens (including phenoxy) is 1. The molecule has 0 unspecified atom stereocenters. The molecule has 1 atom stereocenters. The third kappa shape index (κ3) is 2.27. The normalized spacial score (nSPS) is 18.5. The summed E-state index contributed by atoms with van der Waals surface area (Å²) < 4.78 is 19.5. The van der Waals surface area contributed by atoms with E-state index in [1.54, 1.807) is 6.07 Å². The molecule has 0 radical (unpaired) electrons. The highest BCUT2D eigenvalue weighted by Gasteiger charge is 2.24. The highest BCUT2D eigenvalue weighted by molar-refractivity contribution is 9.10. The van der Waals surface area contributed by atoms with Crippen LogP contribution in [0.3, 0.4) is 0 Å². The molecule has 86 valence electrons. The Hall–Kier alpha value is -1.30. The zero-order valence-electron chi connectivity index (χ0n) is 8.17. The van der Waals surface area contributed by atoms with Gasteiger partial charge in [-0.2, -0.15) is 0 Å². The van der Waals surface area contributed by atoms with Gasteiger partial charge in [0.25, 0.3) is 0 Å². The van der Waals surface area contributed by atoms with E-state index in [1.807, 2.05) is 0 Å². The summed E-state index contributed by atoms with van der Waals surface area (Å²) in [6.07, 6.45) is -0.824. The van der Waals surface area contributed by atoms with Crippen LogP contribution in [0.4, 0.5) is 9.18 Å². The molecule has 0 saturated carbocycles. The summed E-state index contributed by atoms with van der Waals surface area (Å²) in [4.78, 5) is 10.5. The van der Waals surface area contributed by atoms with Gasteiger partial charge in [0.1, 0.15) is 18.2 Å². The number of rotatable bonds is 1. The number of nitrogens with one attached hydrogen (secondary N) is 1. The zero-order valence-corrected chi connectivity index (χ0v) is 9.75. The Morgan fingerprint density at radius 2 is 2.38 bits per heavy atom. The summed E-state index contributed by atoms with van der Waals surface area (Å²) in [5.41, 5.74) is 0.410. The number of carbonyl (C=O) groups is 1. The van der Waals surface area contributed by atoms with Crippen molar-refractivity contribution in [2.24, 2.45) is 0 Å². The van der Waals surface area contributed by atoms with Gasteiger partial charge in [-0.25, -0.2) is 9.18 Å². The average Bonchev–Trinajstić information content (AvgIpc) is 2.18. The van der Waals surface area contributed by atoms with E-state index in [0.717, 1.165) is 0 Å². The Bertz CT molecular complexity index is 438. The van der Waals surface area contributed by atoms with E-state index in [4.69, 9.17) is 9.84 Å². The molecule has 6 heteroatoms. The zero-order chi connectivity index (χ0) is 11.7. The second-order valence-corrected chi connectivity index (χ2v) is 4.44. The van der Waals surface area contributed by atoms with Gasteiger partial charge >= 0.3 is 6.09 Å². The lowest BCUT2D eigenvalue weighted by atomic mass is 10.0. The summed E-state index contributed by atoms with van der Waals surface area (Å²) in [6.45, 7) is 0.217. The van der Waals surface area contributed by atoms with Crippen LogP contribution >= 0.6 is 15.9 Å². The van der Waals surface area contributed by atoms with E-state index in [-0.39, 0.29) is 12.4 Å². The largest absolute Gasteiger partial charge is 0.491 e. The molecule has 1 amide bonds. The molecule has 0 aromatic heterocycles. The lowest BCUT2D eigenvalue weighted by molar-refractivity contribution is 0.175. The number of halogens is 2. The van der Waals surface area contributed by atoms with Crippen molar-refractivity contribution < 1.29 is 19.0 Å². The van der Waals surface area contributed by atoms with Crippen LogP contribution in [0.5, 0.6) is 5.75 Å². The van der Waals surface area contributed by atoms with Crippen molar-refractivity contribution in [1.82, 2.24) is 5.32 Å². The van der Waals surface area contributed by atoms with Gasteiger partial charge in [0.15, 0.2) is 0 Å². The third-order valence-corrected chi connectivity index (χ3v) is 2.80. The fourth-order valence-electron chi connectivity index (χ4n) is 1.67. The molecule has 1 aliphatic heterocycles. The quantitative estimate of drug-likeness (QED) is 0.833. The first-order chi connectivity index (χ1) is 7.56. The molecule has 0 fully saturated rings. The summed E-state index contributed by atoms with van der Waals surface area (Å²) in [7, 11) is 0. The standard InChI is InChI=1S/C10H9BrFNO3/c11-5-1-8(12)7-3-6(13-10(14)15)4-16-9(7)2-5/h1-2,6,13H,3-4H2,(H,14,15)/t6-/m1/s1. The first-order valence-electron chi connectivity index (χ1n) is 4.66. The first kappa shape index (κ1) is 11.2. The predicted octanol–water partition coefficient (Wildman–Crippen LogP) is 2.16. The van der Waals surface area contributed by atoms with Gasteiger partial charge < -0.3 is 15.2 Å². The number of hydrogen-bond donors (Lipinski definition) is 2. The molecule has 2 N–H and O–H groups in total. The van der Waals surface area contributed by atoms with E-state index >= 15 is 0 Å². The van der Waals surface area contributed by atoms with E-state index in [2.05, 4.69) is 21.2 Å². The molecule has 0 spiro atoms. The summed E-state index contributed by atoms with van der Waals surface area (Å²) in [5.74, 6) is 0.0802. The van der Waals surface area contributed by atoms with Crippen molar-refractivity contribution in [2.75, 3.05) is 6.61 Å². The lowest BCUT2D eigenvalue weighted by Gasteiger charge is -2.25. The van der Waals surface area contributed by atoms with Gasteiger partial charge in [-0.3, -0.25) is 0 Å². The molecule has 4 nitrogen and oxygen atoms in total. The van der Waals surface area contributed by atoms with Crippen LogP contribution in [0, 0.1) is 5.82 Å². The molecule has 1 aromatic carbocycles. The Morgan fingerprint density at radius 1 is 1.62 bits per heavy atom. The maximum Gasteiger partial charge on any atom is 0.405 e. The van der Waals surface area contributed by atoms with Crippen LogP contribution in [-0.4, -0.2) is 23.8 Å². The average molecular weight is 290 g/mol. The highest BCUT2D eigenvalue weighted by Crippen LogP contribution is 2.30. The maximum absolute atomic E-state index is 13.6. The van der Waals surface area contributed by atoms with E-state index in [0.29, 0.717) is 22.2 Å². The topological polar surface area (TPSA) is 58.6 Å². The smallest absolute Gasteiger partial charge is 0.405 e. The highest BCUT2D eigenvalue weighted by atomic mass is 79.9. The lowest BCUT2D eigenvalue weighted by Crippen LogP contribution is -2.42. The summed E-state index contributed by atoms with van der Waals surface area (Å²) in [5, 5.41) is 10.8. The third-order valence-electron chi connectivity index (χ3n) is 2.34. The number of hydrogen-bond acceptors (Lipinski definition) is 2. The van der Waals surface area contributed by atoms with Crippen molar-refractivity contribution in [1.29, 1.82) is 0 Å². The molecule has 1 aliphatic rings. The minimum Gasteiger partial charge on any atom is -0.491 e. The van der Waals surface area contributed by atoms with E-state index in [1.165, 1.54) is 6.07 Å². The fourth-order valence-corrected chi connectivity index (χ4v) is 2.08. The van der Waals surface area contributed by atoms with Gasteiger partial charge in [-0.1, -0.05) is 15.9 Å². The van der Waals surface area contributed by atoms with Crippen LogP contribution < -0.4 is 10.1 Å². The number of fused-ring (bicyclic) bond motifs is 1. The van der Waals surface area contributed by atoms with Crippen LogP contribution in [0.25, 0.3) is 0 Å². The number of benzene rings is 1. The number of amides is 1. The molecule has 16 heavy (non-hydrogen) atoms. The number of carboxylic acid groups (broad SMARTS) is 1. The van der Waals surface area contributed by atoms with Crippen LogP contribution in [-0.2, 0) is 6.42 Å². The van der Waals surface area contributed by atoms with Gasteiger partial charge in [0.05, 0.1) is 6.04 Å². The first-order valence-corrected chi connectivity index (χ1v) is 5.45. The second-order valence-electron chi connectivity index (χ2n) is 3.53. The Labute approximate surface area is 99.5 Å². The van der Waals surface area contributed by atoms with Crippen molar-refractivity contribution in [2.45, 2.75) is 12.5 Å². The predicted molar refractivity (Wildman–Crippen MR) is 58.2 cm³/mol. The van der Waals surface area contributed by atoms with E-state index in [9.17, 15) is 9.18 Å². The molecular weight excluding hydrogens is 281 g/mol.